The number of ether oxygens (including phenoxy) is 2. The van der Waals surface area contributed by atoms with Crippen molar-refractivity contribution in [1.29, 1.82) is 0 Å². The van der Waals surface area contributed by atoms with Crippen LogP contribution < -0.4 is 4.90 Å². The fourth-order valence-corrected chi connectivity index (χ4v) is 7.32. The van der Waals surface area contributed by atoms with Gasteiger partial charge in [-0.3, -0.25) is 24.1 Å². The summed E-state index contributed by atoms with van der Waals surface area (Å²) in [6.07, 6.45) is 4.03. The number of benzene rings is 3. The highest BCUT2D eigenvalue weighted by atomic mass is 19.1. The molecule has 270 valence electrons. The molecule has 11 nitrogen and oxygen atoms in total. The molecule has 1 atom stereocenters. The largest absolute Gasteiger partial charge is 0.508 e. The highest BCUT2D eigenvalue weighted by Gasteiger charge is 2.34. The molecule has 0 unspecified atom stereocenters. The van der Waals surface area contributed by atoms with Gasteiger partial charge in [0, 0.05) is 81.6 Å². The van der Waals surface area contributed by atoms with E-state index in [1.807, 2.05) is 28.5 Å². The average molecular weight is 707 g/mol. The highest BCUT2D eigenvalue weighted by Crippen LogP contribution is 2.36. The normalized spacial score (nSPS) is 16.2. The van der Waals surface area contributed by atoms with Crippen LogP contribution in [0.3, 0.4) is 0 Å². The number of hydrogen-bond acceptors (Lipinski definition) is 7. The van der Waals surface area contributed by atoms with Gasteiger partial charge in [-0.1, -0.05) is 24.3 Å². The molecule has 2 aromatic heterocycles. The second kappa shape index (κ2) is 15.1. The smallest absolute Gasteiger partial charge is 0.264 e. The van der Waals surface area contributed by atoms with Crippen molar-refractivity contribution in [3.8, 4) is 17.0 Å². The van der Waals surface area contributed by atoms with E-state index in [1.54, 1.807) is 55.5 Å². The summed E-state index contributed by atoms with van der Waals surface area (Å²) >= 11 is 0. The Kier molecular flexibility index (Phi) is 10.2. The Morgan fingerprint density at radius 1 is 1.00 bits per heavy atom. The molecule has 0 aliphatic carbocycles. The summed E-state index contributed by atoms with van der Waals surface area (Å²) in [6.45, 7) is 6.56. The van der Waals surface area contributed by atoms with Gasteiger partial charge < -0.3 is 24.0 Å². The maximum absolute atomic E-state index is 15.3. The van der Waals surface area contributed by atoms with Gasteiger partial charge in [0.2, 0.25) is 0 Å². The first-order valence-corrected chi connectivity index (χ1v) is 17.5. The third-order valence-corrected chi connectivity index (χ3v) is 10.1. The van der Waals surface area contributed by atoms with E-state index in [-0.39, 0.29) is 23.6 Å². The molecule has 4 heterocycles. The molecule has 0 radical (unpaired) electrons. The summed E-state index contributed by atoms with van der Waals surface area (Å²) in [6, 6.07) is 20.5. The van der Waals surface area contributed by atoms with Crippen LogP contribution in [0.25, 0.3) is 11.3 Å². The molecule has 1 saturated heterocycles. The first-order chi connectivity index (χ1) is 25.2. The number of nitrogens with zero attached hydrogens (tertiary/aromatic N) is 6. The molecule has 0 saturated carbocycles. The molecule has 5 aromatic rings. The van der Waals surface area contributed by atoms with E-state index in [0.29, 0.717) is 85.3 Å². The van der Waals surface area contributed by atoms with Gasteiger partial charge >= 0.3 is 0 Å². The van der Waals surface area contributed by atoms with E-state index in [9.17, 15) is 14.7 Å². The Labute approximate surface area is 302 Å². The van der Waals surface area contributed by atoms with E-state index in [1.165, 1.54) is 34.7 Å². The Morgan fingerprint density at radius 2 is 1.75 bits per heavy atom. The van der Waals surface area contributed by atoms with Gasteiger partial charge in [0.25, 0.3) is 11.8 Å². The summed E-state index contributed by atoms with van der Waals surface area (Å²) in [5.41, 5.74) is 5.64. The Bertz CT molecular complexity index is 2070. The van der Waals surface area contributed by atoms with Crippen molar-refractivity contribution < 1.29 is 28.6 Å². The molecule has 1 fully saturated rings. The number of phenols is 1. The van der Waals surface area contributed by atoms with E-state index in [4.69, 9.17) is 9.47 Å². The number of aromatic hydroxyl groups is 1. The number of hydrogen-bond donors (Lipinski definition) is 1. The minimum atomic E-state index is -0.494. The number of methoxy groups -OCH3 is 1. The Hall–Kier alpha value is -5.30. The number of rotatable bonds is 10. The molecule has 2 aliphatic heterocycles. The minimum Gasteiger partial charge on any atom is -0.508 e. The lowest BCUT2D eigenvalue weighted by molar-refractivity contribution is 0.0193. The third-order valence-electron chi connectivity index (χ3n) is 10.1. The Balaban J connectivity index is 1.31. The van der Waals surface area contributed by atoms with Crippen LogP contribution in [0.4, 0.5) is 15.8 Å². The second-order valence-corrected chi connectivity index (χ2v) is 13.4. The van der Waals surface area contributed by atoms with Gasteiger partial charge in [-0.2, -0.15) is 5.10 Å². The third kappa shape index (κ3) is 7.09. The summed E-state index contributed by atoms with van der Waals surface area (Å²) in [4.78, 5) is 35.3. The van der Waals surface area contributed by atoms with Crippen LogP contribution >= 0.6 is 0 Å². The minimum absolute atomic E-state index is 0.0687. The molecule has 7 rings (SSSR count). The van der Waals surface area contributed by atoms with Crippen molar-refractivity contribution in [3.63, 3.8) is 0 Å². The highest BCUT2D eigenvalue weighted by molar-refractivity contribution is 6.12. The van der Waals surface area contributed by atoms with Gasteiger partial charge in [0.1, 0.15) is 11.6 Å². The standard InChI is InChI=1S/C40H43FN6O5/c1-27-36(40(50)47(33-23-42-43(2)25-33)31-9-11-34(48)12-10-31)22-38(45(27)16-17-51-3)37-21-30(41)8-13-35(37)39(49)46-24-29-7-5-4-6-28(29)20-32(46)26-44-14-18-52-19-15-44/h4-13,21-23,25,32,48H,14-20,24,26H2,1-3H3/t32-/m0/s1. The van der Waals surface area contributed by atoms with Crippen molar-refractivity contribution in [2.45, 2.75) is 32.5 Å². The van der Waals surface area contributed by atoms with Gasteiger partial charge in [-0.25, -0.2) is 4.39 Å². The topological polar surface area (TPSA) is 105 Å². The van der Waals surface area contributed by atoms with Crippen molar-refractivity contribution in [3.05, 3.63) is 119 Å². The van der Waals surface area contributed by atoms with Gasteiger partial charge in [0.15, 0.2) is 0 Å². The molecule has 12 heteroatoms. The zero-order valence-electron chi connectivity index (χ0n) is 29.7. The predicted molar refractivity (Wildman–Crippen MR) is 195 cm³/mol. The van der Waals surface area contributed by atoms with Crippen LogP contribution in [0.2, 0.25) is 0 Å². The molecule has 2 aliphatic rings. The maximum atomic E-state index is 15.3. The lowest BCUT2D eigenvalue weighted by atomic mass is 9.92. The lowest BCUT2D eigenvalue weighted by Crippen LogP contribution is -2.52. The molecule has 52 heavy (non-hydrogen) atoms. The predicted octanol–water partition coefficient (Wildman–Crippen LogP) is 5.57. The summed E-state index contributed by atoms with van der Waals surface area (Å²) in [5, 5.41) is 14.3. The van der Waals surface area contributed by atoms with E-state index >= 15 is 4.39 Å². The number of aromatic nitrogens is 3. The van der Waals surface area contributed by atoms with Gasteiger partial charge in [0.05, 0.1) is 43.0 Å². The van der Waals surface area contributed by atoms with E-state index in [0.717, 1.165) is 18.7 Å². The second-order valence-electron chi connectivity index (χ2n) is 13.4. The van der Waals surface area contributed by atoms with Crippen molar-refractivity contribution in [2.24, 2.45) is 7.05 Å². The number of phenolic OH excluding ortho intramolecular Hbond substituents is 1. The lowest BCUT2D eigenvalue weighted by Gasteiger charge is -2.40. The van der Waals surface area contributed by atoms with Crippen LogP contribution in [0.15, 0.2) is 85.2 Å². The van der Waals surface area contributed by atoms with Crippen LogP contribution in [0.1, 0.15) is 37.5 Å². The number of halogens is 1. The SMILES string of the molecule is COCCn1c(-c2cc(F)ccc2C(=O)N2Cc3ccccc3C[C@H]2CN2CCOCC2)cc(C(=O)N(c2ccc(O)cc2)c2cnn(C)c2)c1C. The van der Waals surface area contributed by atoms with E-state index in [2.05, 4.69) is 22.1 Å². The number of carbonyl (C=O) groups excluding carboxylic acids is 2. The van der Waals surface area contributed by atoms with Crippen molar-refractivity contribution >= 4 is 23.2 Å². The molecule has 0 spiro atoms. The average Bonchev–Trinajstić information content (AvgIpc) is 3.73. The number of fused-ring (bicyclic) bond motifs is 1. The Morgan fingerprint density at radius 3 is 2.46 bits per heavy atom. The molecular formula is C40H43FN6O5. The summed E-state index contributed by atoms with van der Waals surface area (Å²) in [5.74, 6) is -0.976. The molecule has 0 bridgehead atoms. The molecular weight excluding hydrogens is 663 g/mol. The van der Waals surface area contributed by atoms with Gasteiger partial charge in [-0.05, 0) is 73.0 Å². The zero-order chi connectivity index (χ0) is 36.4. The zero-order valence-corrected chi connectivity index (χ0v) is 29.7. The molecule has 2 amide bonds. The van der Waals surface area contributed by atoms with Crippen LogP contribution in [0, 0.1) is 12.7 Å². The fourth-order valence-electron chi connectivity index (χ4n) is 7.32. The van der Waals surface area contributed by atoms with Crippen molar-refractivity contribution in [2.75, 3.05) is 51.5 Å². The maximum Gasteiger partial charge on any atom is 0.264 e. The first-order valence-electron chi connectivity index (χ1n) is 17.5. The molecule has 3 aromatic carbocycles. The summed E-state index contributed by atoms with van der Waals surface area (Å²) < 4.78 is 29.9. The monoisotopic (exact) mass is 706 g/mol. The quantitative estimate of drug-likeness (QED) is 0.203. The number of aryl methyl sites for hydroxylation is 1. The van der Waals surface area contributed by atoms with Crippen LogP contribution in [-0.4, -0.2) is 93.7 Å². The number of morpholine rings is 1. The number of anilines is 2. The first kappa shape index (κ1) is 35.1. The van der Waals surface area contributed by atoms with Gasteiger partial charge in [-0.15, -0.1) is 0 Å². The summed E-state index contributed by atoms with van der Waals surface area (Å²) in [7, 11) is 3.36. The van der Waals surface area contributed by atoms with Crippen molar-refractivity contribution in [1.82, 2.24) is 24.1 Å². The fraction of sp³-hybridized carbons (Fsp3) is 0.325. The van der Waals surface area contributed by atoms with E-state index < -0.39 is 5.82 Å². The molecule has 1 N–H and O–H groups in total. The van der Waals surface area contributed by atoms with Crippen LogP contribution in [-0.2, 0) is 36.0 Å². The number of amides is 2. The van der Waals surface area contributed by atoms with Crippen LogP contribution in [0.5, 0.6) is 5.75 Å². The number of carbonyl (C=O) groups is 2.